The molecule has 1 aromatic rings. The number of guanidine groups is 1. The van der Waals surface area contributed by atoms with Gasteiger partial charge in [-0.15, -0.1) is 0 Å². The van der Waals surface area contributed by atoms with Crippen molar-refractivity contribution in [1.82, 2.24) is 15.8 Å². The molecule has 1 aromatic heterocycles. The van der Waals surface area contributed by atoms with E-state index in [1.165, 1.54) is 25.7 Å². The highest BCUT2D eigenvalue weighted by Crippen LogP contribution is 2.06. The molecule has 0 saturated carbocycles. The van der Waals surface area contributed by atoms with Gasteiger partial charge in [0.1, 0.15) is 6.54 Å². The number of aliphatic imine (C=N–C) groups is 1. The summed E-state index contributed by atoms with van der Waals surface area (Å²) in [5, 5.41) is 10.7. The minimum Gasteiger partial charge on any atom is -0.359 e. The van der Waals surface area contributed by atoms with Gasteiger partial charge in [-0.05, 0) is 26.7 Å². The summed E-state index contributed by atoms with van der Waals surface area (Å²) in [6.45, 7) is 9.93. The third-order valence-corrected chi connectivity index (χ3v) is 3.33. The van der Waals surface area contributed by atoms with Crippen LogP contribution in [0.15, 0.2) is 15.6 Å². The molecular formula is C16H30N4O. The lowest BCUT2D eigenvalue weighted by atomic mass is 10.1. The average molecular weight is 294 g/mol. The molecule has 0 spiro atoms. The zero-order valence-corrected chi connectivity index (χ0v) is 13.9. The summed E-state index contributed by atoms with van der Waals surface area (Å²) in [6.07, 6.45) is 5.86. The minimum atomic E-state index is 0.426. The van der Waals surface area contributed by atoms with Crippen molar-refractivity contribution in [3.63, 3.8) is 0 Å². The number of nitrogens with one attached hydrogen (secondary N) is 2. The zero-order valence-electron chi connectivity index (χ0n) is 13.9. The Morgan fingerprint density at radius 3 is 2.76 bits per heavy atom. The van der Waals surface area contributed by atoms with Crippen LogP contribution in [-0.4, -0.2) is 23.7 Å². The number of rotatable bonds is 9. The lowest BCUT2D eigenvalue weighted by molar-refractivity contribution is 0.379. The monoisotopic (exact) mass is 294 g/mol. The standard InChI is InChI=1S/C16H30N4O/c1-5-8-9-10-13(4)19-16(17-7-3)18-12-15-11-14(6-2)20-21-15/h11,13H,5-10,12H2,1-4H3,(H2,17,18,19). The predicted molar refractivity (Wildman–Crippen MR) is 87.4 cm³/mol. The lowest BCUT2D eigenvalue weighted by Crippen LogP contribution is -2.42. The van der Waals surface area contributed by atoms with E-state index in [-0.39, 0.29) is 0 Å². The van der Waals surface area contributed by atoms with Gasteiger partial charge in [-0.25, -0.2) is 4.99 Å². The SMILES string of the molecule is CCCCCC(C)NC(=NCc1cc(CC)no1)NCC. The van der Waals surface area contributed by atoms with Gasteiger partial charge >= 0.3 is 0 Å². The maximum Gasteiger partial charge on any atom is 0.191 e. The van der Waals surface area contributed by atoms with Crippen molar-refractivity contribution >= 4 is 5.96 Å². The summed E-state index contributed by atoms with van der Waals surface area (Å²) >= 11 is 0. The van der Waals surface area contributed by atoms with Gasteiger partial charge < -0.3 is 15.2 Å². The van der Waals surface area contributed by atoms with Crippen LogP contribution in [0.25, 0.3) is 0 Å². The molecule has 21 heavy (non-hydrogen) atoms. The van der Waals surface area contributed by atoms with Crippen molar-refractivity contribution < 1.29 is 4.52 Å². The van der Waals surface area contributed by atoms with Crippen LogP contribution in [0.2, 0.25) is 0 Å². The molecule has 1 unspecified atom stereocenters. The molecule has 2 N–H and O–H groups in total. The summed E-state index contributed by atoms with van der Waals surface area (Å²) in [6, 6.07) is 2.40. The van der Waals surface area contributed by atoms with E-state index in [0.29, 0.717) is 12.6 Å². The van der Waals surface area contributed by atoms with Crippen molar-refractivity contribution in [2.24, 2.45) is 4.99 Å². The number of aryl methyl sites for hydroxylation is 1. The first-order valence-electron chi connectivity index (χ1n) is 8.18. The molecule has 120 valence electrons. The summed E-state index contributed by atoms with van der Waals surface area (Å²) < 4.78 is 5.26. The molecule has 0 fully saturated rings. The van der Waals surface area contributed by atoms with Crippen LogP contribution in [0.1, 0.15) is 64.8 Å². The highest BCUT2D eigenvalue weighted by Gasteiger charge is 2.06. The molecule has 1 rings (SSSR count). The molecule has 0 aromatic carbocycles. The van der Waals surface area contributed by atoms with Crippen molar-refractivity contribution in [2.75, 3.05) is 6.54 Å². The smallest absolute Gasteiger partial charge is 0.191 e. The van der Waals surface area contributed by atoms with Gasteiger partial charge in [-0.2, -0.15) is 0 Å². The number of hydrogen-bond donors (Lipinski definition) is 2. The molecule has 0 aliphatic heterocycles. The molecule has 5 nitrogen and oxygen atoms in total. The van der Waals surface area contributed by atoms with E-state index in [0.717, 1.165) is 30.4 Å². The molecule has 0 amide bonds. The first kappa shape index (κ1) is 17.5. The van der Waals surface area contributed by atoms with E-state index in [2.05, 4.69) is 48.5 Å². The number of hydrogen-bond acceptors (Lipinski definition) is 3. The fraction of sp³-hybridized carbons (Fsp3) is 0.750. The molecular weight excluding hydrogens is 264 g/mol. The minimum absolute atomic E-state index is 0.426. The largest absolute Gasteiger partial charge is 0.359 e. The Bertz CT molecular complexity index is 414. The molecule has 1 heterocycles. The second-order valence-corrected chi connectivity index (χ2v) is 5.37. The molecule has 0 radical (unpaired) electrons. The Morgan fingerprint density at radius 1 is 1.33 bits per heavy atom. The van der Waals surface area contributed by atoms with Gasteiger partial charge in [0.05, 0.1) is 5.69 Å². The number of nitrogens with zero attached hydrogens (tertiary/aromatic N) is 2. The van der Waals surface area contributed by atoms with E-state index < -0.39 is 0 Å². The van der Waals surface area contributed by atoms with Crippen LogP contribution in [-0.2, 0) is 13.0 Å². The first-order chi connectivity index (χ1) is 10.2. The topological polar surface area (TPSA) is 62.5 Å². The van der Waals surface area contributed by atoms with E-state index in [4.69, 9.17) is 4.52 Å². The van der Waals surface area contributed by atoms with Crippen molar-refractivity contribution in [3.05, 3.63) is 17.5 Å². The Hall–Kier alpha value is -1.52. The van der Waals surface area contributed by atoms with Crippen LogP contribution in [0, 0.1) is 0 Å². The highest BCUT2D eigenvalue weighted by atomic mass is 16.5. The van der Waals surface area contributed by atoms with Gasteiger partial charge in [-0.1, -0.05) is 38.3 Å². The summed E-state index contributed by atoms with van der Waals surface area (Å²) in [7, 11) is 0. The van der Waals surface area contributed by atoms with Crippen LogP contribution in [0.3, 0.4) is 0 Å². The quantitative estimate of drug-likeness (QED) is 0.417. The Labute approximate surface area is 128 Å². The highest BCUT2D eigenvalue weighted by molar-refractivity contribution is 5.79. The summed E-state index contributed by atoms with van der Waals surface area (Å²) in [4.78, 5) is 4.56. The van der Waals surface area contributed by atoms with Crippen molar-refractivity contribution in [2.45, 2.75) is 72.4 Å². The second-order valence-electron chi connectivity index (χ2n) is 5.37. The molecule has 5 heteroatoms. The third kappa shape index (κ3) is 7.16. The maximum absolute atomic E-state index is 5.26. The van der Waals surface area contributed by atoms with E-state index in [1.807, 2.05) is 6.07 Å². The zero-order chi connectivity index (χ0) is 15.5. The Morgan fingerprint density at radius 2 is 2.14 bits per heavy atom. The fourth-order valence-corrected chi connectivity index (χ4v) is 2.08. The molecule has 0 aliphatic rings. The summed E-state index contributed by atoms with van der Waals surface area (Å²) in [5.74, 6) is 1.65. The second kappa shape index (κ2) is 10.2. The van der Waals surface area contributed by atoms with Gasteiger partial charge in [0.15, 0.2) is 11.7 Å². The van der Waals surface area contributed by atoms with Crippen LogP contribution < -0.4 is 10.6 Å². The van der Waals surface area contributed by atoms with Gasteiger partial charge in [0.25, 0.3) is 0 Å². The van der Waals surface area contributed by atoms with Gasteiger partial charge in [-0.3, -0.25) is 0 Å². The third-order valence-electron chi connectivity index (χ3n) is 3.33. The van der Waals surface area contributed by atoms with Gasteiger partial charge in [0.2, 0.25) is 0 Å². The van der Waals surface area contributed by atoms with Crippen molar-refractivity contribution in [3.8, 4) is 0 Å². The normalized spacial score (nSPS) is 13.2. The molecule has 0 bridgehead atoms. The first-order valence-corrected chi connectivity index (χ1v) is 8.18. The number of unbranched alkanes of at least 4 members (excludes halogenated alkanes) is 2. The Balaban J connectivity index is 2.48. The average Bonchev–Trinajstić information content (AvgIpc) is 2.93. The maximum atomic E-state index is 5.26. The molecule has 0 saturated heterocycles. The van der Waals surface area contributed by atoms with Gasteiger partial charge in [0, 0.05) is 18.7 Å². The van der Waals surface area contributed by atoms with Crippen molar-refractivity contribution in [1.29, 1.82) is 0 Å². The number of aromatic nitrogens is 1. The van der Waals surface area contributed by atoms with Crippen LogP contribution in [0.5, 0.6) is 0 Å². The van der Waals surface area contributed by atoms with Crippen LogP contribution >= 0.6 is 0 Å². The summed E-state index contributed by atoms with van der Waals surface area (Å²) in [5.41, 5.74) is 0.978. The Kier molecular flexibility index (Phi) is 8.55. The fourth-order valence-electron chi connectivity index (χ4n) is 2.08. The van der Waals surface area contributed by atoms with E-state index >= 15 is 0 Å². The molecule has 1 atom stereocenters. The van der Waals surface area contributed by atoms with E-state index in [9.17, 15) is 0 Å². The van der Waals surface area contributed by atoms with E-state index in [1.54, 1.807) is 0 Å². The molecule has 0 aliphatic carbocycles. The predicted octanol–water partition coefficient (Wildman–Crippen LogP) is 3.26. The van der Waals surface area contributed by atoms with Crippen LogP contribution in [0.4, 0.5) is 0 Å². The lowest BCUT2D eigenvalue weighted by Gasteiger charge is -2.17.